The summed E-state index contributed by atoms with van der Waals surface area (Å²) < 4.78 is 11.7. The highest BCUT2D eigenvalue weighted by Crippen LogP contribution is 2.38. The Morgan fingerprint density at radius 3 is 2.56 bits per heavy atom. The van der Waals surface area contributed by atoms with Gasteiger partial charge in [-0.2, -0.15) is 0 Å². The molecule has 0 saturated carbocycles. The second-order valence-electron chi connectivity index (χ2n) is 8.80. The van der Waals surface area contributed by atoms with Gasteiger partial charge in [0.05, 0.1) is 29.9 Å². The second kappa shape index (κ2) is 8.66. The monoisotopic (exact) mass is 455 g/mol. The SMILES string of the molecule is O=C1c2oc3c(ccc4ccccc43)c(=O)c2C(c2ccccn2)N1CCCN1CCOCC1. The molecule has 1 atom stereocenters. The van der Waals surface area contributed by atoms with Crippen molar-refractivity contribution in [1.29, 1.82) is 0 Å². The van der Waals surface area contributed by atoms with E-state index in [-0.39, 0.29) is 17.1 Å². The maximum atomic E-state index is 13.8. The number of hydrogen-bond donors (Lipinski definition) is 0. The number of nitrogens with zero attached hydrogens (tertiary/aromatic N) is 3. The standard InChI is InChI=1S/C27H25N3O4/c31-24-20-10-9-18-6-1-2-7-19(18)25(20)34-26-22(24)23(21-8-3-4-11-28-21)30(27(26)32)13-5-12-29-14-16-33-17-15-29/h1-4,6-11,23H,5,12-17H2. The number of aromatic nitrogens is 1. The fourth-order valence-electron chi connectivity index (χ4n) is 5.11. The summed E-state index contributed by atoms with van der Waals surface area (Å²) in [5.41, 5.74) is 1.36. The van der Waals surface area contributed by atoms with E-state index in [0.717, 1.165) is 50.0 Å². The van der Waals surface area contributed by atoms with Crippen molar-refractivity contribution >= 4 is 27.6 Å². The van der Waals surface area contributed by atoms with Gasteiger partial charge in [-0.25, -0.2) is 0 Å². The number of rotatable bonds is 5. The number of fused-ring (bicyclic) bond motifs is 4. The van der Waals surface area contributed by atoms with Gasteiger partial charge in [0.25, 0.3) is 5.91 Å². The molecule has 172 valence electrons. The second-order valence-corrected chi connectivity index (χ2v) is 8.80. The molecule has 1 fully saturated rings. The van der Waals surface area contributed by atoms with Crippen molar-refractivity contribution in [2.45, 2.75) is 12.5 Å². The zero-order valence-corrected chi connectivity index (χ0v) is 18.8. The molecule has 4 aromatic rings. The number of amides is 1. The fourth-order valence-corrected chi connectivity index (χ4v) is 5.11. The molecular formula is C27H25N3O4. The van der Waals surface area contributed by atoms with Crippen LogP contribution in [0.1, 0.15) is 34.3 Å². The lowest BCUT2D eigenvalue weighted by Gasteiger charge is -2.28. The Morgan fingerprint density at radius 2 is 1.74 bits per heavy atom. The van der Waals surface area contributed by atoms with E-state index < -0.39 is 6.04 Å². The number of carbonyl (C=O) groups excluding carboxylic acids is 1. The summed E-state index contributed by atoms with van der Waals surface area (Å²) in [7, 11) is 0. The van der Waals surface area contributed by atoms with Crippen LogP contribution in [0.3, 0.4) is 0 Å². The van der Waals surface area contributed by atoms with Gasteiger partial charge in [-0.05, 0) is 30.0 Å². The highest BCUT2D eigenvalue weighted by molar-refractivity contribution is 6.06. The molecule has 6 rings (SSSR count). The summed E-state index contributed by atoms with van der Waals surface area (Å²) in [6.07, 6.45) is 2.49. The molecule has 2 aliphatic heterocycles. The third-order valence-corrected chi connectivity index (χ3v) is 6.80. The van der Waals surface area contributed by atoms with Crippen molar-refractivity contribution in [3.63, 3.8) is 0 Å². The maximum Gasteiger partial charge on any atom is 0.290 e. The molecule has 0 N–H and O–H groups in total. The van der Waals surface area contributed by atoms with E-state index >= 15 is 0 Å². The summed E-state index contributed by atoms with van der Waals surface area (Å²) in [5, 5.41) is 2.28. The lowest BCUT2D eigenvalue weighted by Crippen LogP contribution is -2.39. The van der Waals surface area contributed by atoms with Gasteiger partial charge in [0, 0.05) is 37.8 Å². The largest absolute Gasteiger partial charge is 0.450 e. The molecule has 34 heavy (non-hydrogen) atoms. The minimum atomic E-state index is -0.555. The van der Waals surface area contributed by atoms with Gasteiger partial charge < -0.3 is 14.1 Å². The summed E-state index contributed by atoms with van der Waals surface area (Å²) in [6.45, 7) is 4.66. The van der Waals surface area contributed by atoms with Crippen molar-refractivity contribution in [3.05, 3.63) is 88.0 Å². The van der Waals surface area contributed by atoms with E-state index in [1.54, 1.807) is 17.2 Å². The first-order chi connectivity index (χ1) is 16.7. The third-order valence-electron chi connectivity index (χ3n) is 6.80. The Labute approximate surface area is 196 Å². The molecule has 7 nitrogen and oxygen atoms in total. The molecule has 0 aliphatic carbocycles. The minimum Gasteiger partial charge on any atom is -0.450 e. The predicted octanol–water partition coefficient (Wildman–Crippen LogP) is 3.61. The van der Waals surface area contributed by atoms with Crippen LogP contribution in [-0.4, -0.2) is 60.1 Å². The molecule has 1 unspecified atom stereocenters. The van der Waals surface area contributed by atoms with Crippen molar-refractivity contribution in [2.75, 3.05) is 39.4 Å². The van der Waals surface area contributed by atoms with Crippen LogP contribution in [0.2, 0.25) is 0 Å². The van der Waals surface area contributed by atoms with Crippen molar-refractivity contribution in [2.24, 2.45) is 0 Å². The third kappa shape index (κ3) is 3.48. The van der Waals surface area contributed by atoms with E-state index in [1.807, 2.05) is 48.5 Å². The Bertz CT molecular complexity index is 1430. The summed E-state index contributed by atoms with van der Waals surface area (Å²) in [4.78, 5) is 36.0. The van der Waals surface area contributed by atoms with Crippen molar-refractivity contribution < 1.29 is 13.9 Å². The molecule has 0 spiro atoms. The number of morpholine rings is 1. The number of ether oxygens (including phenoxy) is 1. The highest BCUT2D eigenvalue weighted by atomic mass is 16.5. The van der Waals surface area contributed by atoms with Gasteiger partial charge in [0.15, 0.2) is 5.43 Å². The zero-order chi connectivity index (χ0) is 23.1. The first-order valence-corrected chi connectivity index (χ1v) is 11.7. The topological polar surface area (TPSA) is 75.9 Å². The van der Waals surface area contributed by atoms with Gasteiger partial charge in [0.1, 0.15) is 11.6 Å². The molecule has 1 saturated heterocycles. The molecular weight excluding hydrogens is 430 g/mol. The quantitative estimate of drug-likeness (QED) is 0.428. The van der Waals surface area contributed by atoms with Crippen LogP contribution in [0, 0.1) is 0 Å². The van der Waals surface area contributed by atoms with E-state index in [4.69, 9.17) is 9.15 Å². The van der Waals surface area contributed by atoms with E-state index in [0.29, 0.717) is 28.8 Å². The van der Waals surface area contributed by atoms with Crippen molar-refractivity contribution in [1.82, 2.24) is 14.8 Å². The van der Waals surface area contributed by atoms with Gasteiger partial charge in [-0.3, -0.25) is 19.5 Å². The molecule has 7 heteroatoms. The lowest BCUT2D eigenvalue weighted by atomic mass is 10.0. The van der Waals surface area contributed by atoms with Crippen LogP contribution in [0.4, 0.5) is 0 Å². The average molecular weight is 456 g/mol. The van der Waals surface area contributed by atoms with Gasteiger partial charge in [0.2, 0.25) is 5.76 Å². The maximum absolute atomic E-state index is 13.8. The van der Waals surface area contributed by atoms with Crippen LogP contribution in [0.25, 0.3) is 21.7 Å². The molecule has 2 aromatic heterocycles. The molecule has 0 bridgehead atoms. The lowest BCUT2D eigenvalue weighted by molar-refractivity contribution is 0.0353. The van der Waals surface area contributed by atoms with E-state index in [9.17, 15) is 9.59 Å². The number of pyridine rings is 1. The normalized spacial score (nSPS) is 18.6. The van der Waals surface area contributed by atoms with Gasteiger partial charge >= 0.3 is 0 Å². The molecule has 2 aliphatic rings. The van der Waals surface area contributed by atoms with Crippen molar-refractivity contribution in [3.8, 4) is 0 Å². The average Bonchev–Trinajstić information content (AvgIpc) is 3.17. The number of carbonyl (C=O) groups is 1. The van der Waals surface area contributed by atoms with Crippen LogP contribution in [-0.2, 0) is 4.74 Å². The van der Waals surface area contributed by atoms with Crippen LogP contribution < -0.4 is 5.43 Å². The Kier molecular flexibility index (Phi) is 5.36. The number of hydrogen-bond acceptors (Lipinski definition) is 6. The fraction of sp³-hybridized carbons (Fsp3) is 0.296. The summed E-state index contributed by atoms with van der Waals surface area (Å²) in [6, 6.07) is 16.5. The molecule has 1 amide bonds. The molecule has 0 radical (unpaired) electrons. The molecule has 4 heterocycles. The van der Waals surface area contributed by atoms with E-state index in [1.165, 1.54) is 0 Å². The minimum absolute atomic E-state index is 0.135. The summed E-state index contributed by atoms with van der Waals surface area (Å²) >= 11 is 0. The highest BCUT2D eigenvalue weighted by Gasteiger charge is 2.43. The Hall–Kier alpha value is -3.55. The Balaban J connectivity index is 1.44. The van der Waals surface area contributed by atoms with Gasteiger partial charge in [-0.1, -0.05) is 36.4 Å². The van der Waals surface area contributed by atoms with Crippen LogP contribution in [0.15, 0.2) is 70.0 Å². The Morgan fingerprint density at radius 1 is 0.912 bits per heavy atom. The van der Waals surface area contributed by atoms with E-state index in [2.05, 4.69) is 9.88 Å². The predicted molar refractivity (Wildman–Crippen MR) is 129 cm³/mol. The summed E-state index contributed by atoms with van der Waals surface area (Å²) in [5.74, 6) is -0.115. The van der Waals surface area contributed by atoms with Gasteiger partial charge in [-0.15, -0.1) is 0 Å². The smallest absolute Gasteiger partial charge is 0.290 e. The number of benzene rings is 2. The van der Waals surface area contributed by atoms with Crippen LogP contribution >= 0.6 is 0 Å². The zero-order valence-electron chi connectivity index (χ0n) is 18.8. The molecule has 2 aromatic carbocycles. The first kappa shape index (κ1) is 21.0. The first-order valence-electron chi connectivity index (χ1n) is 11.7. The van der Waals surface area contributed by atoms with Crippen LogP contribution in [0.5, 0.6) is 0 Å².